The van der Waals surface area contributed by atoms with Gasteiger partial charge < -0.3 is 15.0 Å². The van der Waals surface area contributed by atoms with Gasteiger partial charge in [0.15, 0.2) is 5.96 Å². The molecule has 158 valence electrons. The van der Waals surface area contributed by atoms with Crippen LogP contribution in [0, 0.1) is 11.8 Å². The van der Waals surface area contributed by atoms with Crippen LogP contribution in [0.15, 0.2) is 4.99 Å². The van der Waals surface area contributed by atoms with E-state index >= 15 is 0 Å². The first-order valence-corrected chi connectivity index (χ1v) is 11.2. The summed E-state index contributed by atoms with van der Waals surface area (Å²) < 4.78 is 31.9. The summed E-state index contributed by atoms with van der Waals surface area (Å²) >= 11 is 0. The van der Waals surface area contributed by atoms with Gasteiger partial charge in [0, 0.05) is 33.2 Å². The van der Waals surface area contributed by atoms with Gasteiger partial charge in [-0.05, 0) is 38.5 Å². The summed E-state index contributed by atoms with van der Waals surface area (Å²) in [5.41, 5.74) is 0. The molecular weight excluding hydrogens is 483 g/mol. The second-order valence-electron chi connectivity index (χ2n) is 6.95. The molecule has 8 nitrogen and oxygen atoms in total. The van der Waals surface area contributed by atoms with Crippen molar-refractivity contribution in [3.8, 4) is 0 Å². The van der Waals surface area contributed by atoms with E-state index in [-0.39, 0.29) is 41.6 Å². The molecule has 2 fully saturated rings. The fourth-order valence-electron chi connectivity index (χ4n) is 3.23. The molecule has 2 rings (SSSR count). The van der Waals surface area contributed by atoms with Crippen molar-refractivity contribution in [2.45, 2.75) is 39.0 Å². The molecule has 0 amide bonds. The smallest absolute Gasteiger partial charge is 0.309 e. The Labute approximate surface area is 180 Å². The van der Waals surface area contributed by atoms with Crippen LogP contribution in [0.5, 0.6) is 0 Å². The molecule has 0 aromatic rings. The number of halogens is 1. The number of likely N-dealkylation sites (tertiary alicyclic amines) is 1. The number of rotatable bonds is 8. The monoisotopic (exact) mass is 516 g/mol. The molecule has 0 radical (unpaired) electrons. The van der Waals surface area contributed by atoms with Crippen LogP contribution < -0.4 is 10.0 Å². The number of piperidine rings is 1. The first-order chi connectivity index (χ1) is 12.4. The first kappa shape index (κ1) is 24.4. The van der Waals surface area contributed by atoms with Gasteiger partial charge >= 0.3 is 5.97 Å². The molecule has 1 saturated carbocycles. The van der Waals surface area contributed by atoms with Crippen LogP contribution in [0.2, 0.25) is 0 Å². The normalized spacial score (nSPS) is 19.2. The van der Waals surface area contributed by atoms with Crippen LogP contribution >= 0.6 is 24.0 Å². The lowest BCUT2D eigenvalue weighted by Crippen LogP contribution is -2.48. The summed E-state index contributed by atoms with van der Waals surface area (Å²) in [4.78, 5) is 18.1. The zero-order valence-corrected chi connectivity index (χ0v) is 19.4. The lowest BCUT2D eigenvalue weighted by Gasteiger charge is -2.33. The number of carbonyl (C=O) groups excluding carboxylic acids is 1. The van der Waals surface area contributed by atoms with Crippen molar-refractivity contribution in [1.82, 2.24) is 14.9 Å². The third-order valence-corrected chi connectivity index (χ3v) is 6.44. The Kier molecular flexibility index (Phi) is 10.9. The van der Waals surface area contributed by atoms with E-state index in [9.17, 15) is 13.2 Å². The average Bonchev–Trinajstić information content (AvgIpc) is 2.57. The number of guanidine groups is 1. The van der Waals surface area contributed by atoms with Gasteiger partial charge in [0.25, 0.3) is 0 Å². The zero-order chi connectivity index (χ0) is 19.0. The second kappa shape index (κ2) is 12.1. The van der Waals surface area contributed by atoms with Crippen molar-refractivity contribution in [2.75, 3.05) is 45.6 Å². The highest BCUT2D eigenvalue weighted by molar-refractivity contribution is 14.0. The molecule has 0 aromatic carbocycles. The fourth-order valence-corrected chi connectivity index (χ4v) is 4.24. The lowest BCUT2D eigenvalue weighted by molar-refractivity contribution is -0.149. The van der Waals surface area contributed by atoms with E-state index in [2.05, 4.69) is 19.9 Å². The molecule has 0 atom stereocenters. The Morgan fingerprint density at radius 3 is 2.41 bits per heavy atom. The molecule has 2 aliphatic rings. The molecule has 1 saturated heterocycles. The predicted molar refractivity (Wildman–Crippen MR) is 117 cm³/mol. The Morgan fingerprint density at radius 1 is 1.22 bits per heavy atom. The van der Waals surface area contributed by atoms with E-state index in [4.69, 9.17) is 4.74 Å². The molecule has 10 heteroatoms. The van der Waals surface area contributed by atoms with Crippen LogP contribution in [0.25, 0.3) is 0 Å². The third-order valence-electron chi connectivity index (χ3n) is 5.10. The minimum atomic E-state index is -3.26. The van der Waals surface area contributed by atoms with E-state index in [1.165, 1.54) is 6.42 Å². The molecule has 27 heavy (non-hydrogen) atoms. The van der Waals surface area contributed by atoms with E-state index < -0.39 is 10.0 Å². The van der Waals surface area contributed by atoms with Crippen LogP contribution in [0.3, 0.4) is 0 Å². The standard InChI is InChI=1S/C17H32N4O4S.HI/c1-3-25-16(22)15-7-10-21(11-8-15)17(18-2)19-9-12-26(23,24)20-13-14-5-4-6-14;/h14-15,20H,3-13H2,1-2H3,(H,18,19);1H. The topological polar surface area (TPSA) is 100 Å². The number of hydrogen-bond acceptors (Lipinski definition) is 5. The highest BCUT2D eigenvalue weighted by Gasteiger charge is 2.27. The summed E-state index contributed by atoms with van der Waals surface area (Å²) in [5, 5.41) is 3.12. The summed E-state index contributed by atoms with van der Waals surface area (Å²) in [6.45, 7) is 4.49. The third kappa shape index (κ3) is 8.10. The van der Waals surface area contributed by atoms with Crippen LogP contribution in [-0.4, -0.2) is 70.8 Å². The molecule has 1 heterocycles. The van der Waals surface area contributed by atoms with Gasteiger partial charge in [0.05, 0.1) is 18.3 Å². The zero-order valence-electron chi connectivity index (χ0n) is 16.3. The Bertz CT molecular complexity index is 588. The molecule has 0 spiro atoms. The van der Waals surface area contributed by atoms with Gasteiger partial charge in [-0.15, -0.1) is 24.0 Å². The number of carbonyl (C=O) groups is 1. The maximum Gasteiger partial charge on any atom is 0.309 e. The van der Waals surface area contributed by atoms with Gasteiger partial charge in [0.1, 0.15) is 0 Å². The van der Waals surface area contributed by atoms with E-state index in [1.807, 2.05) is 6.92 Å². The van der Waals surface area contributed by atoms with Gasteiger partial charge in [0.2, 0.25) is 10.0 Å². The highest BCUT2D eigenvalue weighted by Crippen LogP contribution is 2.25. The summed E-state index contributed by atoms with van der Waals surface area (Å²) in [7, 11) is -1.58. The number of esters is 1. The summed E-state index contributed by atoms with van der Waals surface area (Å²) in [5.74, 6) is 1.03. The second-order valence-corrected chi connectivity index (χ2v) is 8.88. The van der Waals surface area contributed by atoms with Crippen molar-refractivity contribution in [2.24, 2.45) is 16.8 Å². The van der Waals surface area contributed by atoms with Crippen LogP contribution in [0.4, 0.5) is 0 Å². The van der Waals surface area contributed by atoms with Gasteiger partial charge in [-0.1, -0.05) is 6.42 Å². The van der Waals surface area contributed by atoms with Crippen molar-refractivity contribution < 1.29 is 17.9 Å². The number of nitrogens with one attached hydrogen (secondary N) is 2. The SMILES string of the molecule is CCOC(=O)C1CCN(C(=NC)NCCS(=O)(=O)NCC2CCC2)CC1.I. The van der Waals surface area contributed by atoms with Crippen LogP contribution in [-0.2, 0) is 19.6 Å². The predicted octanol–water partition coefficient (Wildman–Crippen LogP) is 1.17. The van der Waals surface area contributed by atoms with Gasteiger partial charge in [-0.2, -0.15) is 0 Å². The molecule has 1 aliphatic carbocycles. The van der Waals surface area contributed by atoms with Gasteiger partial charge in [-0.3, -0.25) is 9.79 Å². The number of nitrogens with zero attached hydrogens (tertiary/aromatic N) is 2. The van der Waals surface area contributed by atoms with E-state index in [0.29, 0.717) is 44.7 Å². The first-order valence-electron chi connectivity index (χ1n) is 9.54. The van der Waals surface area contributed by atoms with E-state index in [1.54, 1.807) is 7.05 Å². The van der Waals surface area contributed by atoms with Crippen LogP contribution in [0.1, 0.15) is 39.0 Å². The minimum absolute atomic E-state index is 0. The van der Waals surface area contributed by atoms with Crippen molar-refractivity contribution in [1.29, 1.82) is 0 Å². The number of ether oxygens (including phenoxy) is 1. The molecular formula is C17H33IN4O4S. The number of aliphatic imine (C=N–C) groups is 1. The Hall–Kier alpha value is -0.620. The molecule has 2 N–H and O–H groups in total. The van der Waals surface area contributed by atoms with E-state index in [0.717, 1.165) is 25.7 Å². The maximum absolute atomic E-state index is 12.0. The largest absolute Gasteiger partial charge is 0.466 e. The Morgan fingerprint density at radius 2 is 1.89 bits per heavy atom. The van der Waals surface area contributed by atoms with Crippen molar-refractivity contribution >= 4 is 45.9 Å². The Balaban J connectivity index is 0.00000364. The summed E-state index contributed by atoms with van der Waals surface area (Å²) in [6.07, 6.45) is 4.89. The van der Waals surface area contributed by atoms with Crippen molar-refractivity contribution in [3.05, 3.63) is 0 Å². The maximum atomic E-state index is 12.0. The summed E-state index contributed by atoms with van der Waals surface area (Å²) in [6, 6.07) is 0. The average molecular weight is 516 g/mol. The van der Waals surface area contributed by atoms with Crippen molar-refractivity contribution in [3.63, 3.8) is 0 Å². The minimum Gasteiger partial charge on any atom is -0.466 e. The number of hydrogen-bond donors (Lipinski definition) is 2. The molecule has 1 aliphatic heterocycles. The number of sulfonamides is 1. The highest BCUT2D eigenvalue weighted by atomic mass is 127. The lowest BCUT2D eigenvalue weighted by atomic mass is 9.86. The molecule has 0 unspecified atom stereocenters. The fraction of sp³-hybridized carbons (Fsp3) is 0.882. The molecule has 0 aromatic heterocycles. The quantitative estimate of drug-likeness (QED) is 0.218. The van der Waals surface area contributed by atoms with Gasteiger partial charge in [-0.25, -0.2) is 13.1 Å². The molecule has 0 bridgehead atoms.